The SMILES string of the molecule is COC(=O)c1cccc(OB(Oc2ccccc2)Oc2ccccc2)c1. The number of esters is 1. The highest BCUT2D eigenvalue weighted by Crippen LogP contribution is 2.19. The second-order valence-electron chi connectivity index (χ2n) is 5.29. The fraction of sp³-hybridized carbons (Fsp3) is 0.0500. The molecule has 130 valence electrons. The van der Waals surface area contributed by atoms with Crippen molar-refractivity contribution in [3.8, 4) is 17.2 Å². The highest BCUT2D eigenvalue weighted by Gasteiger charge is 2.30. The third-order valence-electron chi connectivity index (χ3n) is 3.44. The maximum absolute atomic E-state index is 11.7. The van der Waals surface area contributed by atoms with E-state index in [1.165, 1.54) is 7.11 Å². The minimum Gasteiger partial charge on any atom is -0.490 e. The molecule has 3 rings (SSSR count). The van der Waals surface area contributed by atoms with Gasteiger partial charge >= 0.3 is 13.3 Å². The van der Waals surface area contributed by atoms with Gasteiger partial charge in [-0.2, -0.15) is 0 Å². The lowest BCUT2D eigenvalue weighted by Crippen LogP contribution is -2.37. The van der Waals surface area contributed by atoms with Gasteiger partial charge in [0, 0.05) is 0 Å². The van der Waals surface area contributed by atoms with Crippen LogP contribution in [-0.2, 0) is 4.74 Å². The molecule has 0 aliphatic rings. The molecule has 0 aromatic heterocycles. The number of rotatable bonds is 7. The Morgan fingerprint density at radius 3 is 1.73 bits per heavy atom. The number of methoxy groups -OCH3 is 1. The van der Waals surface area contributed by atoms with E-state index in [0.717, 1.165) is 0 Å². The summed E-state index contributed by atoms with van der Waals surface area (Å²) >= 11 is 0. The van der Waals surface area contributed by atoms with Crippen molar-refractivity contribution >= 4 is 13.3 Å². The summed E-state index contributed by atoms with van der Waals surface area (Å²) in [4.78, 5) is 11.7. The molecule has 0 heterocycles. The largest absolute Gasteiger partial charge is 0.864 e. The summed E-state index contributed by atoms with van der Waals surface area (Å²) in [6.07, 6.45) is 0. The first-order chi connectivity index (χ1) is 12.7. The molecule has 0 bridgehead atoms. The molecule has 0 atom stereocenters. The van der Waals surface area contributed by atoms with E-state index >= 15 is 0 Å². The van der Waals surface area contributed by atoms with Crippen molar-refractivity contribution in [3.63, 3.8) is 0 Å². The number of carbonyl (C=O) groups is 1. The average Bonchev–Trinajstić information content (AvgIpc) is 2.69. The lowest BCUT2D eigenvalue weighted by atomic mass is 10.1. The van der Waals surface area contributed by atoms with Crippen molar-refractivity contribution in [1.82, 2.24) is 0 Å². The molecule has 0 unspecified atom stereocenters. The predicted molar refractivity (Wildman–Crippen MR) is 98.3 cm³/mol. The van der Waals surface area contributed by atoms with Crippen LogP contribution in [0.15, 0.2) is 84.9 Å². The Morgan fingerprint density at radius 1 is 0.692 bits per heavy atom. The van der Waals surface area contributed by atoms with E-state index in [9.17, 15) is 4.79 Å². The zero-order valence-corrected chi connectivity index (χ0v) is 14.2. The van der Waals surface area contributed by atoms with Gasteiger partial charge in [-0.15, -0.1) is 0 Å². The molecule has 0 aliphatic carbocycles. The first kappa shape index (κ1) is 17.4. The number of benzene rings is 3. The van der Waals surface area contributed by atoms with Crippen LogP contribution in [-0.4, -0.2) is 20.4 Å². The van der Waals surface area contributed by atoms with Crippen LogP contribution in [0, 0.1) is 0 Å². The van der Waals surface area contributed by atoms with E-state index in [0.29, 0.717) is 22.8 Å². The Labute approximate surface area is 152 Å². The summed E-state index contributed by atoms with van der Waals surface area (Å²) in [6, 6.07) is 25.0. The summed E-state index contributed by atoms with van der Waals surface area (Å²) < 4.78 is 22.1. The molecule has 3 aromatic carbocycles. The lowest BCUT2D eigenvalue weighted by molar-refractivity contribution is 0.0600. The highest BCUT2D eigenvalue weighted by atomic mass is 16.7. The van der Waals surface area contributed by atoms with Crippen molar-refractivity contribution in [1.29, 1.82) is 0 Å². The molecule has 0 aliphatic heterocycles. The van der Waals surface area contributed by atoms with E-state index in [1.807, 2.05) is 36.4 Å². The number of para-hydroxylation sites is 2. The van der Waals surface area contributed by atoms with Crippen molar-refractivity contribution in [2.75, 3.05) is 7.11 Å². The van der Waals surface area contributed by atoms with E-state index in [1.54, 1.807) is 48.5 Å². The van der Waals surface area contributed by atoms with Gasteiger partial charge in [-0.3, -0.25) is 0 Å². The fourth-order valence-electron chi connectivity index (χ4n) is 2.22. The van der Waals surface area contributed by atoms with Crippen LogP contribution in [0.5, 0.6) is 17.2 Å². The average molecular weight is 348 g/mol. The molecule has 3 aromatic rings. The summed E-state index contributed by atoms with van der Waals surface area (Å²) in [5, 5.41) is 0. The maximum Gasteiger partial charge on any atom is 0.864 e. The Balaban J connectivity index is 1.80. The van der Waals surface area contributed by atoms with Gasteiger partial charge in [-0.1, -0.05) is 42.5 Å². The molecule has 0 N–H and O–H groups in total. The molecule has 0 saturated carbocycles. The van der Waals surface area contributed by atoms with Crippen LogP contribution in [0.1, 0.15) is 10.4 Å². The topological polar surface area (TPSA) is 54.0 Å². The number of hydrogen-bond donors (Lipinski definition) is 0. The van der Waals surface area contributed by atoms with Crippen molar-refractivity contribution in [2.45, 2.75) is 0 Å². The molecule has 0 saturated heterocycles. The second-order valence-corrected chi connectivity index (χ2v) is 5.29. The number of hydrogen-bond acceptors (Lipinski definition) is 5. The van der Waals surface area contributed by atoms with Crippen molar-refractivity contribution in [3.05, 3.63) is 90.5 Å². The van der Waals surface area contributed by atoms with Crippen LogP contribution in [0.4, 0.5) is 0 Å². The van der Waals surface area contributed by atoms with Crippen LogP contribution in [0.25, 0.3) is 0 Å². The number of carbonyl (C=O) groups excluding carboxylic acids is 1. The molecular weight excluding hydrogens is 331 g/mol. The zero-order chi connectivity index (χ0) is 18.2. The lowest BCUT2D eigenvalue weighted by Gasteiger charge is -2.16. The van der Waals surface area contributed by atoms with E-state index in [4.69, 9.17) is 18.7 Å². The van der Waals surface area contributed by atoms with Crippen LogP contribution < -0.4 is 14.0 Å². The predicted octanol–water partition coefficient (Wildman–Crippen LogP) is 3.99. The summed E-state index contributed by atoms with van der Waals surface area (Å²) in [5.41, 5.74) is 0.378. The van der Waals surface area contributed by atoms with Gasteiger partial charge < -0.3 is 18.7 Å². The van der Waals surface area contributed by atoms with Gasteiger partial charge in [-0.05, 0) is 42.5 Å². The van der Waals surface area contributed by atoms with Crippen LogP contribution >= 0.6 is 0 Å². The third-order valence-corrected chi connectivity index (χ3v) is 3.44. The summed E-state index contributed by atoms with van der Waals surface area (Å²) in [6.45, 7) is 0. The quantitative estimate of drug-likeness (QED) is 0.477. The molecule has 6 heteroatoms. The molecule has 0 spiro atoms. The van der Waals surface area contributed by atoms with E-state index < -0.39 is 13.3 Å². The Morgan fingerprint density at radius 2 is 1.19 bits per heavy atom. The first-order valence-corrected chi connectivity index (χ1v) is 8.03. The minimum atomic E-state index is -1.03. The molecule has 0 radical (unpaired) electrons. The Hall–Kier alpha value is -3.41. The first-order valence-electron chi connectivity index (χ1n) is 8.03. The maximum atomic E-state index is 11.7. The van der Waals surface area contributed by atoms with Gasteiger partial charge in [0.1, 0.15) is 17.2 Å². The minimum absolute atomic E-state index is 0.378. The monoisotopic (exact) mass is 348 g/mol. The number of ether oxygens (including phenoxy) is 1. The Kier molecular flexibility index (Phi) is 5.78. The highest BCUT2D eigenvalue weighted by molar-refractivity contribution is 6.39. The molecule has 5 nitrogen and oxygen atoms in total. The summed E-state index contributed by atoms with van der Waals surface area (Å²) in [5.74, 6) is 1.17. The summed E-state index contributed by atoms with van der Waals surface area (Å²) in [7, 11) is 0.295. The molecule has 0 amide bonds. The van der Waals surface area contributed by atoms with Gasteiger partial charge in [-0.25, -0.2) is 4.79 Å². The third kappa shape index (κ3) is 4.80. The van der Waals surface area contributed by atoms with Gasteiger partial charge in [0.25, 0.3) is 0 Å². The van der Waals surface area contributed by atoms with Gasteiger partial charge in [0.05, 0.1) is 12.7 Å². The molecule has 26 heavy (non-hydrogen) atoms. The van der Waals surface area contributed by atoms with Crippen molar-refractivity contribution in [2.24, 2.45) is 0 Å². The van der Waals surface area contributed by atoms with Crippen molar-refractivity contribution < 1.29 is 23.5 Å². The zero-order valence-electron chi connectivity index (χ0n) is 14.2. The van der Waals surface area contributed by atoms with Gasteiger partial charge in [0.2, 0.25) is 0 Å². The van der Waals surface area contributed by atoms with Crippen LogP contribution in [0.2, 0.25) is 0 Å². The van der Waals surface area contributed by atoms with Gasteiger partial charge in [0.15, 0.2) is 0 Å². The van der Waals surface area contributed by atoms with E-state index in [-0.39, 0.29) is 0 Å². The van der Waals surface area contributed by atoms with Crippen LogP contribution in [0.3, 0.4) is 0 Å². The molecular formula is C20H17BO5. The standard InChI is InChI=1S/C20H17BO5/c1-23-20(22)16-9-8-14-19(15-16)26-21(24-17-10-4-2-5-11-17)25-18-12-6-3-7-13-18/h2-15H,1H3. The smallest absolute Gasteiger partial charge is 0.490 e. The second kappa shape index (κ2) is 8.62. The fourth-order valence-corrected chi connectivity index (χ4v) is 2.22. The molecule has 0 fully saturated rings. The van der Waals surface area contributed by atoms with E-state index in [2.05, 4.69) is 0 Å². The Bertz CT molecular complexity index is 798. The normalized spacial score (nSPS) is 9.88.